The minimum Gasteiger partial charge on any atom is -0.549 e. The maximum absolute atomic E-state index is 9.13. The van der Waals surface area contributed by atoms with E-state index < -0.39 is 5.97 Å². The van der Waals surface area contributed by atoms with Crippen LogP contribution < -0.4 is 10.8 Å². The highest BCUT2D eigenvalue weighted by atomic mass is 16.4. The summed E-state index contributed by atoms with van der Waals surface area (Å²) in [5.41, 5.74) is 4.51. The van der Waals surface area contributed by atoms with Gasteiger partial charge in [0.1, 0.15) is 0 Å². The van der Waals surface area contributed by atoms with E-state index in [0.29, 0.717) is 0 Å². The smallest absolute Gasteiger partial charge is 0.0675 e. The molecule has 4 heteroatoms. The minimum atomic E-state index is -1.22. The van der Waals surface area contributed by atoms with Crippen molar-refractivity contribution in [3.05, 3.63) is 0 Å². The Kier molecular flexibility index (Phi) is 6.29. The number of carboxylic acids is 1. The van der Waals surface area contributed by atoms with Crippen molar-refractivity contribution in [2.75, 3.05) is 34.7 Å². The van der Waals surface area contributed by atoms with Crippen LogP contribution in [0.25, 0.3) is 0 Å². The van der Waals surface area contributed by atoms with Gasteiger partial charge in [-0.3, -0.25) is 0 Å². The molecule has 0 spiro atoms. The molecule has 0 radical (unpaired) electrons. The number of quaternary nitrogens is 1. The Morgan fingerprint density at radius 3 is 1.50 bits per heavy atom. The summed E-state index contributed by atoms with van der Waals surface area (Å²) in [5, 5.41) is 9.13. The van der Waals surface area contributed by atoms with E-state index in [1.54, 1.807) is 0 Å². The third kappa shape index (κ3) is 156. The van der Waals surface area contributed by atoms with E-state index in [4.69, 9.17) is 9.90 Å². The van der Waals surface area contributed by atoms with E-state index in [2.05, 4.69) is 33.9 Å². The normalized spacial score (nSPS) is 9.70. The second-order valence-corrected chi connectivity index (χ2v) is 3.26. The maximum atomic E-state index is 9.13. The molecule has 0 aliphatic carbocycles. The Morgan fingerprint density at radius 2 is 1.50 bits per heavy atom. The highest BCUT2D eigenvalue weighted by molar-refractivity contribution is 5.66. The topological polar surface area (TPSA) is 66.2 Å². The number of hydrogen-bond acceptors (Lipinski definition) is 3. The zero-order valence-electron chi connectivity index (χ0n) is 7.05. The number of nitrogens with zero attached hydrogens (tertiary/aromatic N) is 1. The van der Waals surface area contributed by atoms with Crippen molar-refractivity contribution in [2.24, 2.45) is 5.73 Å². The Balaban J connectivity index is 0. The van der Waals surface area contributed by atoms with Crippen LogP contribution in [0, 0.1) is 0 Å². The second-order valence-electron chi connectivity index (χ2n) is 3.26. The van der Waals surface area contributed by atoms with E-state index in [1.807, 2.05) is 0 Å². The Hall–Kier alpha value is -0.610. The summed E-state index contributed by atoms with van der Waals surface area (Å²) in [5.74, 6) is -1.22. The average molecular weight is 148 g/mol. The van der Waals surface area contributed by atoms with Gasteiger partial charge in [0.25, 0.3) is 0 Å². The number of rotatable bonds is 1. The van der Waals surface area contributed by atoms with Gasteiger partial charge >= 0.3 is 0 Å². The second kappa shape index (κ2) is 5.20. The largest absolute Gasteiger partial charge is 0.549 e. The fraction of sp³-hybridized carbons (Fsp3) is 0.833. The number of carboxylic acid groups (broad SMARTS) is 1. The summed E-state index contributed by atoms with van der Waals surface area (Å²) in [6.07, 6.45) is 0. The van der Waals surface area contributed by atoms with E-state index in [-0.39, 0.29) is 6.54 Å². The first-order valence-electron chi connectivity index (χ1n) is 2.96. The lowest BCUT2D eigenvalue weighted by molar-refractivity contribution is -0.849. The standard InChI is InChI=1S/C4H12N.C2H5NO2/c1-5(2,3)4;3-1-2(4)5/h1-4H3;1,3H2,(H,4,5)/q+1;/p-1. The Morgan fingerprint density at radius 1 is 1.40 bits per heavy atom. The highest BCUT2D eigenvalue weighted by Crippen LogP contribution is 1.73. The quantitative estimate of drug-likeness (QED) is 0.438. The molecule has 0 heterocycles. The predicted molar refractivity (Wildman–Crippen MR) is 38.0 cm³/mol. The third-order valence-electron chi connectivity index (χ3n) is 0.167. The number of carbonyl (C=O) groups is 1. The average Bonchev–Trinajstić information content (AvgIpc) is 1.61. The molecule has 0 unspecified atom stereocenters. The van der Waals surface area contributed by atoms with Gasteiger partial charge in [0.15, 0.2) is 0 Å². The van der Waals surface area contributed by atoms with E-state index in [9.17, 15) is 0 Å². The van der Waals surface area contributed by atoms with Crippen LogP contribution in [-0.2, 0) is 4.79 Å². The van der Waals surface area contributed by atoms with Crippen LogP contribution in [0.2, 0.25) is 0 Å². The molecule has 4 nitrogen and oxygen atoms in total. The number of nitrogens with two attached hydrogens (primary N) is 1. The summed E-state index contributed by atoms with van der Waals surface area (Å²) in [6.45, 7) is -0.389. The summed E-state index contributed by atoms with van der Waals surface area (Å²) in [4.78, 5) is 9.13. The van der Waals surface area contributed by atoms with Crippen LogP contribution in [-0.4, -0.2) is 45.2 Å². The van der Waals surface area contributed by atoms with Gasteiger partial charge in [-0.05, 0) is 0 Å². The van der Waals surface area contributed by atoms with Gasteiger partial charge in [0.05, 0.1) is 34.2 Å². The number of aliphatic carboxylic acids is 1. The van der Waals surface area contributed by atoms with Gasteiger partial charge < -0.3 is 20.1 Å². The minimum absolute atomic E-state index is 0.389. The molecule has 62 valence electrons. The van der Waals surface area contributed by atoms with E-state index in [1.165, 1.54) is 0 Å². The molecule has 0 fully saturated rings. The fourth-order valence-electron chi connectivity index (χ4n) is 0. The van der Waals surface area contributed by atoms with Crippen LogP contribution in [0.5, 0.6) is 0 Å². The molecule has 10 heavy (non-hydrogen) atoms. The van der Waals surface area contributed by atoms with E-state index in [0.717, 1.165) is 4.48 Å². The third-order valence-corrected chi connectivity index (χ3v) is 0.167. The molecule has 0 saturated heterocycles. The van der Waals surface area contributed by atoms with Crippen molar-refractivity contribution >= 4 is 5.97 Å². The van der Waals surface area contributed by atoms with Crippen molar-refractivity contribution < 1.29 is 14.4 Å². The molecular weight excluding hydrogens is 132 g/mol. The summed E-state index contributed by atoms with van der Waals surface area (Å²) in [7, 11) is 8.50. The van der Waals surface area contributed by atoms with Crippen molar-refractivity contribution in [3.8, 4) is 0 Å². The van der Waals surface area contributed by atoms with E-state index >= 15 is 0 Å². The van der Waals surface area contributed by atoms with Crippen LogP contribution >= 0.6 is 0 Å². The van der Waals surface area contributed by atoms with Crippen molar-refractivity contribution in [1.29, 1.82) is 0 Å². The Bertz CT molecular complexity index is 90.4. The Labute approximate surface area is 61.8 Å². The van der Waals surface area contributed by atoms with Gasteiger partial charge in [-0.15, -0.1) is 0 Å². The molecule has 0 aromatic heterocycles. The monoisotopic (exact) mass is 148 g/mol. The number of carbonyl (C=O) groups excluding carboxylic acids is 1. The molecule has 0 bridgehead atoms. The SMILES string of the molecule is C[N+](C)(C)C.NCC(=O)[O-]. The van der Waals surface area contributed by atoms with Crippen LogP contribution in [0.4, 0.5) is 0 Å². The van der Waals surface area contributed by atoms with Crippen molar-refractivity contribution in [2.45, 2.75) is 0 Å². The molecule has 0 atom stereocenters. The molecular formula is C6H16N2O2. The molecule has 0 aromatic rings. The summed E-state index contributed by atoms with van der Waals surface area (Å²) >= 11 is 0. The predicted octanol–water partition coefficient (Wildman–Crippen LogP) is -1.98. The van der Waals surface area contributed by atoms with Crippen molar-refractivity contribution in [1.82, 2.24) is 0 Å². The lowest BCUT2D eigenvalue weighted by Crippen LogP contribution is -2.30. The fourth-order valence-corrected chi connectivity index (χ4v) is 0. The summed E-state index contributed by atoms with van der Waals surface area (Å²) in [6, 6.07) is 0. The number of hydrogen-bond donors (Lipinski definition) is 1. The molecule has 0 aliphatic rings. The first-order chi connectivity index (χ1) is 4.27. The van der Waals surface area contributed by atoms with Crippen molar-refractivity contribution in [3.63, 3.8) is 0 Å². The molecule has 0 rings (SSSR count). The van der Waals surface area contributed by atoms with Crippen LogP contribution in [0.15, 0.2) is 0 Å². The molecule has 0 aliphatic heterocycles. The molecule has 0 saturated carbocycles. The maximum Gasteiger partial charge on any atom is 0.0675 e. The van der Waals surface area contributed by atoms with Gasteiger partial charge in [-0.2, -0.15) is 0 Å². The molecule has 2 N–H and O–H groups in total. The molecule has 0 amide bonds. The van der Waals surface area contributed by atoms with Gasteiger partial charge in [0, 0.05) is 6.54 Å². The summed E-state index contributed by atoms with van der Waals surface area (Å²) < 4.78 is 1.00. The van der Waals surface area contributed by atoms with Crippen LogP contribution in [0.1, 0.15) is 0 Å². The first-order valence-corrected chi connectivity index (χ1v) is 2.96. The van der Waals surface area contributed by atoms with Gasteiger partial charge in [-0.25, -0.2) is 0 Å². The zero-order chi connectivity index (χ0) is 8.78. The first kappa shape index (κ1) is 12.1. The zero-order valence-corrected chi connectivity index (χ0v) is 7.05. The lowest BCUT2D eigenvalue weighted by atomic mass is 10.7. The lowest BCUT2D eigenvalue weighted by Gasteiger charge is -2.14. The molecule has 0 aromatic carbocycles. The van der Waals surface area contributed by atoms with Crippen LogP contribution in [0.3, 0.4) is 0 Å². The highest BCUT2D eigenvalue weighted by Gasteiger charge is 1.88. The van der Waals surface area contributed by atoms with Gasteiger partial charge in [-0.1, -0.05) is 0 Å². The van der Waals surface area contributed by atoms with Gasteiger partial charge in [0.2, 0.25) is 0 Å².